The highest BCUT2D eigenvalue weighted by atomic mass is 16.5. The van der Waals surface area contributed by atoms with E-state index in [1.165, 1.54) is 0 Å². The molecule has 5 heteroatoms. The predicted molar refractivity (Wildman–Crippen MR) is 75.4 cm³/mol. The van der Waals surface area contributed by atoms with Gasteiger partial charge in [-0.15, -0.1) is 0 Å². The van der Waals surface area contributed by atoms with E-state index in [0.717, 1.165) is 55.2 Å². The number of nitrogens with zero attached hydrogens (tertiary/aromatic N) is 2. The second kappa shape index (κ2) is 5.59. The zero-order chi connectivity index (χ0) is 13.1. The summed E-state index contributed by atoms with van der Waals surface area (Å²) in [6.07, 6.45) is 0.922. The maximum Gasteiger partial charge on any atom is 0.142 e. The van der Waals surface area contributed by atoms with Crippen LogP contribution in [0.3, 0.4) is 0 Å². The zero-order valence-electron chi connectivity index (χ0n) is 11.3. The molecule has 3 rings (SSSR count). The molecule has 19 heavy (non-hydrogen) atoms. The molecule has 1 fully saturated rings. The van der Waals surface area contributed by atoms with Gasteiger partial charge in [0.2, 0.25) is 0 Å². The summed E-state index contributed by atoms with van der Waals surface area (Å²) in [5.74, 6) is 1.92. The number of hydrogen-bond acceptors (Lipinski definition) is 4. The summed E-state index contributed by atoms with van der Waals surface area (Å²) in [5.41, 5.74) is 2.06. The highest BCUT2D eigenvalue weighted by Crippen LogP contribution is 2.19. The van der Waals surface area contributed by atoms with E-state index in [9.17, 15) is 0 Å². The van der Waals surface area contributed by atoms with Crippen molar-refractivity contribution in [2.75, 3.05) is 32.9 Å². The molecule has 2 N–H and O–H groups in total. The molecule has 0 unspecified atom stereocenters. The van der Waals surface area contributed by atoms with Crippen LogP contribution in [0.15, 0.2) is 18.2 Å². The molecule has 5 nitrogen and oxygen atoms in total. The monoisotopic (exact) mass is 260 g/mol. The van der Waals surface area contributed by atoms with Crippen LogP contribution in [-0.2, 0) is 6.42 Å². The van der Waals surface area contributed by atoms with Gasteiger partial charge in [0, 0.05) is 38.7 Å². The molecule has 2 aromatic rings. The third-order valence-electron chi connectivity index (χ3n) is 3.46. The summed E-state index contributed by atoms with van der Waals surface area (Å²) < 4.78 is 5.85. The van der Waals surface area contributed by atoms with E-state index in [4.69, 9.17) is 4.74 Å². The van der Waals surface area contributed by atoms with Gasteiger partial charge in [-0.25, -0.2) is 4.98 Å². The molecule has 0 radical (unpaired) electrons. The van der Waals surface area contributed by atoms with Crippen molar-refractivity contribution in [2.45, 2.75) is 13.3 Å². The molecule has 1 aromatic heterocycles. The average molecular weight is 260 g/mol. The van der Waals surface area contributed by atoms with Crippen molar-refractivity contribution in [3.63, 3.8) is 0 Å². The third kappa shape index (κ3) is 2.88. The van der Waals surface area contributed by atoms with Gasteiger partial charge in [0.1, 0.15) is 18.3 Å². The summed E-state index contributed by atoms with van der Waals surface area (Å²) in [6.45, 7) is 6.94. The number of piperazine rings is 1. The lowest BCUT2D eigenvalue weighted by molar-refractivity contribution is 0.113. The second-order valence-electron chi connectivity index (χ2n) is 4.86. The number of benzene rings is 1. The maximum absolute atomic E-state index is 5.85. The minimum Gasteiger partial charge on any atom is -0.478 e. The number of imidazole rings is 1. The Labute approximate surface area is 113 Å². The van der Waals surface area contributed by atoms with Crippen LogP contribution >= 0.6 is 0 Å². The number of aromatic nitrogens is 2. The van der Waals surface area contributed by atoms with Crippen molar-refractivity contribution < 1.29 is 4.74 Å². The van der Waals surface area contributed by atoms with E-state index >= 15 is 0 Å². The molecule has 0 amide bonds. The van der Waals surface area contributed by atoms with Gasteiger partial charge in [0.15, 0.2) is 0 Å². The normalized spacial score (nSPS) is 16.9. The first kappa shape index (κ1) is 12.4. The number of ether oxygens (including phenoxy) is 1. The van der Waals surface area contributed by atoms with E-state index in [1.807, 2.05) is 18.2 Å². The second-order valence-corrected chi connectivity index (χ2v) is 4.86. The first-order valence-electron chi connectivity index (χ1n) is 6.89. The van der Waals surface area contributed by atoms with Crippen LogP contribution in [0.2, 0.25) is 0 Å². The first-order chi connectivity index (χ1) is 9.35. The van der Waals surface area contributed by atoms with Crippen molar-refractivity contribution in [3.05, 3.63) is 24.0 Å². The van der Waals surface area contributed by atoms with Gasteiger partial charge >= 0.3 is 0 Å². The predicted octanol–water partition coefficient (Wildman–Crippen LogP) is 1.37. The molecule has 2 heterocycles. The Morgan fingerprint density at radius 2 is 2.16 bits per heavy atom. The van der Waals surface area contributed by atoms with E-state index < -0.39 is 0 Å². The minimum absolute atomic E-state index is 0.655. The van der Waals surface area contributed by atoms with Crippen LogP contribution in [0.5, 0.6) is 5.75 Å². The molecule has 1 aliphatic heterocycles. The third-order valence-corrected chi connectivity index (χ3v) is 3.46. The van der Waals surface area contributed by atoms with Gasteiger partial charge in [-0.1, -0.05) is 6.92 Å². The molecule has 0 aliphatic carbocycles. The van der Waals surface area contributed by atoms with Gasteiger partial charge in [0.05, 0.1) is 11.0 Å². The van der Waals surface area contributed by atoms with E-state index in [-0.39, 0.29) is 0 Å². The van der Waals surface area contributed by atoms with Crippen molar-refractivity contribution in [1.29, 1.82) is 0 Å². The standard InChI is InChI=1S/C14H20N4O/c1-2-14-16-12-4-3-11(9-13(12)17-14)19-10-18-7-5-15-6-8-18/h3-4,9,15H,2,5-8,10H2,1H3,(H,16,17). The molecule has 0 saturated carbocycles. The molecule has 0 atom stereocenters. The minimum atomic E-state index is 0.655. The Hall–Kier alpha value is -1.59. The molecular formula is C14H20N4O. The summed E-state index contributed by atoms with van der Waals surface area (Å²) in [4.78, 5) is 10.1. The lowest BCUT2D eigenvalue weighted by Crippen LogP contribution is -2.44. The number of hydrogen-bond donors (Lipinski definition) is 2. The van der Waals surface area contributed by atoms with Gasteiger partial charge < -0.3 is 15.0 Å². The molecule has 102 valence electrons. The Morgan fingerprint density at radius 1 is 1.32 bits per heavy atom. The number of aromatic amines is 1. The summed E-state index contributed by atoms with van der Waals surface area (Å²) >= 11 is 0. The van der Waals surface area contributed by atoms with Crippen LogP contribution in [-0.4, -0.2) is 47.8 Å². The van der Waals surface area contributed by atoms with E-state index in [2.05, 4.69) is 27.1 Å². The summed E-state index contributed by atoms with van der Waals surface area (Å²) in [5, 5.41) is 3.34. The van der Waals surface area contributed by atoms with Crippen molar-refractivity contribution >= 4 is 11.0 Å². The van der Waals surface area contributed by atoms with Crippen LogP contribution < -0.4 is 10.1 Å². The van der Waals surface area contributed by atoms with Crippen LogP contribution in [0, 0.1) is 0 Å². The molecule has 1 saturated heterocycles. The first-order valence-corrected chi connectivity index (χ1v) is 6.89. The molecule has 0 spiro atoms. The number of fused-ring (bicyclic) bond motifs is 1. The lowest BCUT2D eigenvalue weighted by atomic mass is 10.3. The molecule has 1 aromatic carbocycles. The summed E-state index contributed by atoms with van der Waals surface area (Å²) in [7, 11) is 0. The van der Waals surface area contributed by atoms with Crippen molar-refractivity contribution in [1.82, 2.24) is 20.2 Å². The highest BCUT2D eigenvalue weighted by Gasteiger charge is 2.10. The van der Waals surface area contributed by atoms with Gasteiger partial charge in [0.25, 0.3) is 0 Å². The van der Waals surface area contributed by atoms with Crippen molar-refractivity contribution in [3.8, 4) is 5.75 Å². The number of H-pyrrole nitrogens is 1. The number of aryl methyl sites for hydroxylation is 1. The van der Waals surface area contributed by atoms with Crippen LogP contribution in [0.1, 0.15) is 12.7 Å². The van der Waals surface area contributed by atoms with Gasteiger partial charge in [-0.3, -0.25) is 4.90 Å². The molecule has 0 bridgehead atoms. The Kier molecular flexibility index (Phi) is 3.66. The Morgan fingerprint density at radius 3 is 2.95 bits per heavy atom. The Bertz CT molecular complexity index is 545. The number of nitrogens with one attached hydrogen (secondary N) is 2. The fourth-order valence-corrected chi connectivity index (χ4v) is 2.30. The van der Waals surface area contributed by atoms with E-state index in [0.29, 0.717) is 6.73 Å². The van der Waals surface area contributed by atoms with Crippen LogP contribution in [0.25, 0.3) is 11.0 Å². The van der Waals surface area contributed by atoms with Crippen LogP contribution in [0.4, 0.5) is 0 Å². The zero-order valence-corrected chi connectivity index (χ0v) is 11.3. The lowest BCUT2D eigenvalue weighted by Gasteiger charge is -2.26. The molecular weight excluding hydrogens is 240 g/mol. The topological polar surface area (TPSA) is 53.2 Å². The quantitative estimate of drug-likeness (QED) is 0.871. The van der Waals surface area contributed by atoms with Gasteiger partial charge in [-0.05, 0) is 12.1 Å². The highest BCUT2D eigenvalue weighted by molar-refractivity contribution is 5.76. The fourth-order valence-electron chi connectivity index (χ4n) is 2.30. The SMILES string of the molecule is CCc1nc2ccc(OCN3CCNCC3)cc2[nH]1. The maximum atomic E-state index is 5.85. The van der Waals surface area contributed by atoms with Crippen molar-refractivity contribution in [2.24, 2.45) is 0 Å². The fraction of sp³-hybridized carbons (Fsp3) is 0.500. The summed E-state index contributed by atoms with van der Waals surface area (Å²) in [6, 6.07) is 6.03. The van der Waals surface area contributed by atoms with Gasteiger partial charge in [-0.2, -0.15) is 0 Å². The smallest absolute Gasteiger partial charge is 0.142 e. The van der Waals surface area contributed by atoms with E-state index in [1.54, 1.807) is 0 Å². The largest absolute Gasteiger partial charge is 0.478 e. The Balaban J connectivity index is 1.66. The average Bonchev–Trinajstić information content (AvgIpc) is 2.88. The number of rotatable bonds is 4. The molecule has 1 aliphatic rings.